The molecule has 0 fully saturated rings. The van der Waals surface area contributed by atoms with Crippen molar-refractivity contribution in [2.75, 3.05) is 6.26 Å². The number of phenolic OH excluding ortho intramolecular Hbond substituents is 1. The van der Waals surface area contributed by atoms with Gasteiger partial charge in [0.25, 0.3) is 0 Å². The van der Waals surface area contributed by atoms with E-state index in [-0.39, 0.29) is 15.3 Å². The van der Waals surface area contributed by atoms with Gasteiger partial charge in [0.1, 0.15) is 5.69 Å². The van der Waals surface area contributed by atoms with Crippen LogP contribution in [0.3, 0.4) is 0 Å². The Morgan fingerprint density at radius 1 is 1.53 bits per heavy atom. The highest BCUT2D eigenvalue weighted by Gasteiger charge is 2.32. The van der Waals surface area contributed by atoms with Crippen molar-refractivity contribution < 1.29 is 18.3 Å². The fourth-order valence-electron chi connectivity index (χ4n) is 1.12. The normalized spacial score (nSPS) is 12.1. The molecule has 0 saturated carbocycles. The van der Waals surface area contributed by atoms with E-state index in [9.17, 15) is 18.3 Å². The molecule has 9 heteroatoms. The van der Waals surface area contributed by atoms with Gasteiger partial charge in [-0.2, -0.15) is 18.4 Å². The maximum absolute atomic E-state index is 12.6. The highest BCUT2D eigenvalue weighted by Crippen LogP contribution is 2.41. The zero-order valence-corrected chi connectivity index (χ0v) is 11.8. The van der Waals surface area contributed by atoms with Gasteiger partial charge in [0, 0.05) is 0 Å². The zero-order valence-electron chi connectivity index (χ0n) is 9.42. The number of phenols is 1. The van der Waals surface area contributed by atoms with Crippen LogP contribution < -0.4 is 5.32 Å². The number of hydrogen-bond donors (Lipinski definition) is 2. The van der Waals surface area contributed by atoms with Crippen molar-refractivity contribution in [3.05, 3.63) is 22.2 Å². The summed E-state index contributed by atoms with van der Waals surface area (Å²) in [5, 5.41) is 20.4. The summed E-state index contributed by atoms with van der Waals surface area (Å²) in [5.41, 5.74) is -1.23. The molecule has 1 rings (SSSR count). The molecule has 0 spiro atoms. The SMILES string of the molecule is CSC(=Nc1cc(C(F)(F)F)cc(Br)c1O)NC#N. The van der Waals surface area contributed by atoms with Crippen LogP contribution in [0.5, 0.6) is 5.75 Å². The maximum atomic E-state index is 12.6. The second-order valence-corrected chi connectivity index (χ2v) is 4.83. The molecule has 0 aliphatic rings. The zero-order chi connectivity index (χ0) is 14.6. The van der Waals surface area contributed by atoms with Crippen LogP contribution in [0.15, 0.2) is 21.6 Å². The predicted molar refractivity (Wildman–Crippen MR) is 70.2 cm³/mol. The molecule has 0 bridgehead atoms. The molecule has 0 aliphatic heterocycles. The minimum absolute atomic E-state index is 0.0732. The highest BCUT2D eigenvalue weighted by atomic mass is 79.9. The quantitative estimate of drug-likeness (QED) is 0.350. The number of hydrogen-bond acceptors (Lipinski definition) is 4. The monoisotopic (exact) mass is 353 g/mol. The molecule has 0 atom stereocenters. The summed E-state index contributed by atoms with van der Waals surface area (Å²) in [7, 11) is 0. The number of thioether (sulfide) groups is 1. The Hall–Kier alpha value is -1.40. The third-order valence-electron chi connectivity index (χ3n) is 1.95. The number of rotatable bonds is 1. The van der Waals surface area contributed by atoms with Crippen LogP contribution in [0.25, 0.3) is 0 Å². The third kappa shape index (κ3) is 4.04. The van der Waals surface area contributed by atoms with E-state index in [1.54, 1.807) is 12.4 Å². The second-order valence-electron chi connectivity index (χ2n) is 3.18. The molecule has 0 amide bonds. The Kier molecular flexibility index (Phi) is 5.08. The first-order valence-electron chi connectivity index (χ1n) is 4.67. The van der Waals surface area contributed by atoms with Crippen molar-refractivity contribution in [1.29, 1.82) is 5.26 Å². The van der Waals surface area contributed by atoms with Gasteiger partial charge < -0.3 is 5.11 Å². The van der Waals surface area contributed by atoms with Crippen LogP contribution in [-0.4, -0.2) is 16.5 Å². The first kappa shape index (κ1) is 15.7. The van der Waals surface area contributed by atoms with E-state index in [0.29, 0.717) is 6.07 Å². The minimum atomic E-state index is -4.55. The van der Waals surface area contributed by atoms with Crippen molar-refractivity contribution in [2.45, 2.75) is 6.18 Å². The van der Waals surface area contributed by atoms with Crippen molar-refractivity contribution >= 4 is 38.5 Å². The van der Waals surface area contributed by atoms with Gasteiger partial charge in [-0.1, -0.05) is 11.8 Å². The lowest BCUT2D eigenvalue weighted by Crippen LogP contribution is -2.12. The van der Waals surface area contributed by atoms with Gasteiger partial charge in [0.2, 0.25) is 0 Å². The Morgan fingerprint density at radius 2 is 2.16 bits per heavy atom. The van der Waals surface area contributed by atoms with E-state index in [0.717, 1.165) is 17.8 Å². The van der Waals surface area contributed by atoms with Crippen molar-refractivity contribution in [3.8, 4) is 11.9 Å². The van der Waals surface area contributed by atoms with Crippen LogP contribution in [0.1, 0.15) is 5.56 Å². The first-order chi connectivity index (χ1) is 8.79. The molecule has 0 aliphatic carbocycles. The van der Waals surface area contributed by atoms with Gasteiger partial charge in [-0.15, -0.1) is 0 Å². The maximum Gasteiger partial charge on any atom is 0.416 e. The van der Waals surface area contributed by atoms with Gasteiger partial charge in [0.15, 0.2) is 17.1 Å². The van der Waals surface area contributed by atoms with Crippen LogP contribution in [-0.2, 0) is 6.18 Å². The second kappa shape index (κ2) is 6.16. The Balaban J connectivity index is 3.35. The Morgan fingerprint density at radius 3 is 2.63 bits per heavy atom. The molecule has 102 valence electrons. The van der Waals surface area contributed by atoms with Gasteiger partial charge >= 0.3 is 6.18 Å². The molecule has 0 radical (unpaired) electrons. The van der Waals surface area contributed by atoms with Gasteiger partial charge in [-0.25, -0.2) is 4.99 Å². The summed E-state index contributed by atoms with van der Waals surface area (Å²) in [5.74, 6) is -0.431. The molecule has 19 heavy (non-hydrogen) atoms. The molecule has 1 aromatic carbocycles. The van der Waals surface area contributed by atoms with Crippen LogP contribution in [0.2, 0.25) is 0 Å². The van der Waals surface area contributed by atoms with Gasteiger partial charge in [-0.05, 0) is 34.3 Å². The van der Waals surface area contributed by atoms with Crippen molar-refractivity contribution in [1.82, 2.24) is 5.32 Å². The van der Waals surface area contributed by atoms with E-state index < -0.39 is 17.5 Å². The first-order valence-corrected chi connectivity index (χ1v) is 6.69. The number of nitrogens with one attached hydrogen (secondary N) is 1. The number of alkyl halides is 3. The summed E-state index contributed by atoms with van der Waals surface area (Å²) in [6.07, 6.45) is -1.37. The molecule has 2 N–H and O–H groups in total. The third-order valence-corrected chi connectivity index (χ3v) is 3.13. The molecule has 0 aromatic heterocycles. The summed E-state index contributed by atoms with van der Waals surface area (Å²) >= 11 is 3.85. The summed E-state index contributed by atoms with van der Waals surface area (Å²) in [6, 6.07) is 1.46. The van der Waals surface area contributed by atoms with Crippen LogP contribution in [0.4, 0.5) is 18.9 Å². The molecule has 4 nitrogen and oxygen atoms in total. The summed E-state index contributed by atoms with van der Waals surface area (Å²) < 4.78 is 37.7. The van der Waals surface area contributed by atoms with E-state index in [2.05, 4.69) is 26.2 Å². The van der Waals surface area contributed by atoms with Gasteiger partial charge in [0.05, 0.1) is 10.0 Å². The van der Waals surface area contributed by atoms with Crippen LogP contribution >= 0.6 is 27.7 Å². The molecule has 0 saturated heterocycles. The lowest BCUT2D eigenvalue weighted by molar-refractivity contribution is -0.137. The minimum Gasteiger partial charge on any atom is -0.505 e. The predicted octanol–water partition coefficient (Wildman–Crippen LogP) is 3.59. The number of aliphatic imine (C=N–C) groups is 1. The molecule has 1 aromatic rings. The molecule has 0 heterocycles. The van der Waals surface area contributed by atoms with E-state index in [1.807, 2.05) is 0 Å². The lowest BCUT2D eigenvalue weighted by Gasteiger charge is -2.10. The number of nitriles is 1. The highest BCUT2D eigenvalue weighted by molar-refractivity contribution is 9.10. The standard InChI is InChI=1S/C10H7BrF3N3OS/c1-19-9(16-4-15)17-7-3-5(10(12,13)14)2-6(11)8(7)18/h2-3,18H,1H3,(H,16,17). The van der Waals surface area contributed by atoms with Crippen molar-refractivity contribution in [2.24, 2.45) is 4.99 Å². The fraction of sp³-hybridized carbons (Fsp3) is 0.200. The Bertz CT molecular complexity index is 554. The average Bonchev–Trinajstić information content (AvgIpc) is 2.32. The topological polar surface area (TPSA) is 68.4 Å². The smallest absolute Gasteiger partial charge is 0.416 e. The average molecular weight is 354 g/mol. The van der Waals surface area contributed by atoms with Crippen molar-refractivity contribution in [3.63, 3.8) is 0 Å². The number of halogens is 4. The van der Waals surface area contributed by atoms with Gasteiger partial charge in [-0.3, -0.25) is 5.32 Å². The van der Waals surface area contributed by atoms with E-state index in [1.165, 1.54) is 0 Å². The summed E-state index contributed by atoms with van der Waals surface area (Å²) in [6.45, 7) is 0. The van der Waals surface area contributed by atoms with E-state index in [4.69, 9.17) is 5.26 Å². The number of nitrogens with zero attached hydrogens (tertiary/aromatic N) is 2. The number of benzene rings is 1. The molecular formula is C10H7BrF3N3OS. The number of amidine groups is 1. The fourth-order valence-corrected chi connectivity index (χ4v) is 1.90. The largest absolute Gasteiger partial charge is 0.505 e. The Labute approximate surface area is 119 Å². The lowest BCUT2D eigenvalue weighted by atomic mass is 10.2. The number of aromatic hydroxyl groups is 1. The van der Waals surface area contributed by atoms with Crippen LogP contribution in [0, 0.1) is 11.5 Å². The molecule has 0 unspecified atom stereocenters. The molecular weight excluding hydrogens is 347 g/mol. The summed E-state index contributed by atoms with van der Waals surface area (Å²) in [4.78, 5) is 3.77. The van der Waals surface area contributed by atoms with E-state index >= 15 is 0 Å².